The molecule has 0 fully saturated rings. The third-order valence-corrected chi connectivity index (χ3v) is 10.0. The zero-order valence-corrected chi connectivity index (χ0v) is 22.1. The molecule has 0 aliphatic rings. The first-order valence-corrected chi connectivity index (χ1v) is 14.0. The second-order valence-electron chi connectivity index (χ2n) is 10.3. The summed E-state index contributed by atoms with van der Waals surface area (Å²) in [5, 5.41) is 9.10. The molecular weight excluding hydrogens is 426 g/mol. The third kappa shape index (κ3) is 7.75. The number of hydrogen-bond acceptors (Lipinski definition) is 7. The number of carbonyl (C=O) groups is 2. The van der Waals surface area contributed by atoms with Crippen LogP contribution in [0.4, 0.5) is 4.79 Å². The topological polar surface area (TPSA) is 103 Å². The molecule has 0 saturated heterocycles. The van der Waals surface area contributed by atoms with E-state index in [1.807, 2.05) is 0 Å². The molecule has 180 valence electrons. The Morgan fingerprint density at radius 2 is 1.84 bits per heavy atom. The summed E-state index contributed by atoms with van der Waals surface area (Å²) in [5.41, 5.74) is -0.352. The van der Waals surface area contributed by atoms with Crippen molar-refractivity contribution < 1.29 is 23.5 Å². The van der Waals surface area contributed by atoms with Gasteiger partial charge in [0.25, 0.3) is 0 Å². The number of hydrogen-bond donors (Lipinski definition) is 0. The second kappa shape index (κ2) is 11.1. The lowest BCUT2D eigenvalue weighted by atomic mass is 10.00. The molecule has 8 nitrogen and oxygen atoms in total. The molecule has 0 amide bonds. The van der Waals surface area contributed by atoms with E-state index in [1.54, 1.807) is 27.7 Å². The van der Waals surface area contributed by atoms with Gasteiger partial charge in [0.1, 0.15) is 17.3 Å². The van der Waals surface area contributed by atoms with Crippen LogP contribution in [0, 0.1) is 11.3 Å². The van der Waals surface area contributed by atoms with Gasteiger partial charge in [0.05, 0.1) is 18.4 Å². The Bertz CT molecular complexity index is 828. The molecule has 0 bridgehead atoms. The summed E-state index contributed by atoms with van der Waals surface area (Å²) in [6, 6.07) is 2.05. The molecule has 0 aliphatic carbocycles. The number of esters is 1. The largest absolute Gasteiger partial charge is 0.465 e. The van der Waals surface area contributed by atoms with Crippen molar-refractivity contribution in [3.8, 4) is 6.07 Å². The number of aromatic nitrogens is 2. The van der Waals surface area contributed by atoms with Crippen LogP contribution < -0.4 is 0 Å². The van der Waals surface area contributed by atoms with Crippen LogP contribution in [0.3, 0.4) is 0 Å². The lowest BCUT2D eigenvalue weighted by Crippen LogP contribution is -2.41. The maximum Gasteiger partial charge on any atom is 0.420 e. The number of carbonyl (C=O) groups excluding carboxylic acids is 2. The van der Waals surface area contributed by atoms with Gasteiger partial charge < -0.3 is 13.9 Å². The van der Waals surface area contributed by atoms with Gasteiger partial charge in [-0.25, -0.2) is 14.3 Å². The summed E-state index contributed by atoms with van der Waals surface area (Å²) in [7, 11) is -1.97. The summed E-state index contributed by atoms with van der Waals surface area (Å²) in [4.78, 5) is 30.2. The predicted molar refractivity (Wildman–Crippen MR) is 125 cm³/mol. The highest BCUT2D eigenvalue weighted by Crippen LogP contribution is 2.36. The lowest BCUT2D eigenvalue weighted by molar-refractivity contribution is -0.145. The van der Waals surface area contributed by atoms with Crippen LogP contribution in [-0.4, -0.2) is 48.7 Å². The van der Waals surface area contributed by atoms with Crippen LogP contribution >= 0.6 is 0 Å². The third-order valence-electron chi connectivity index (χ3n) is 5.51. The van der Waals surface area contributed by atoms with Crippen molar-refractivity contribution in [1.82, 2.24) is 9.55 Å². The zero-order chi connectivity index (χ0) is 24.7. The zero-order valence-electron chi connectivity index (χ0n) is 21.1. The first kappa shape index (κ1) is 27.9. The molecule has 1 unspecified atom stereocenters. The SMILES string of the molecule is CCOC(=O)C(CCC#N)c1cnc(CCO[Si](C)(C)C(C)(C)C)n1C(=O)OC(C)(C)C. The quantitative estimate of drug-likeness (QED) is 0.365. The Kier molecular flexibility index (Phi) is 9.66. The Morgan fingerprint density at radius 3 is 2.34 bits per heavy atom. The van der Waals surface area contributed by atoms with Crippen LogP contribution in [0.2, 0.25) is 18.1 Å². The predicted octanol–water partition coefficient (Wildman–Crippen LogP) is 5.18. The fourth-order valence-electron chi connectivity index (χ4n) is 2.80. The Labute approximate surface area is 193 Å². The molecule has 0 spiro atoms. The highest BCUT2D eigenvalue weighted by Gasteiger charge is 2.37. The van der Waals surface area contributed by atoms with Crippen molar-refractivity contribution in [2.24, 2.45) is 0 Å². The molecule has 1 heterocycles. The normalized spacial score (nSPS) is 13.4. The molecule has 1 rings (SSSR count). The fraction of sp³-hybridized carbons (Fsp3) is 0.739. The minimum absolute atomic E-state index is 0.0606. The summed E-state index contributed by atoms with van der Waals surface area (Å²) in [6.45, 7) is 18.5. The van der Waals surface area contributed by atoms with Crippen molar-refractivity contribution in [2.75, 3.05) is 13.2 Å². The van der Waals surface area contributed by atoms with Gasteiger partial charge in [0, 0.05) is 25.6 Å². The smallest absolute Gasteiger partial charge is 0.420 e. The number of nitrogens with zero attached hydrogens (tertiary/aromatic N) is 3. The van der Waals surface area contributed by atoms with E-state index in [2.05, 4.69) is 44.9 Å². The highest BCUT2D eigenvalue weighted by atomic mass is 28.4. The molecule has 1 atom stereocenters. The summed E-state index contributed by atoms with van der Waals surface area (Å²) in [6.07, 6.45) is 1.65. The highest BCUT2D eigenvalue weighted by molar-refractivity contribution is 6.74. The standard InChI is InChI=1S/C23H39N3O5Si/c1-10-29-20(27)17(12-11-14-24)18-16-25-19(26(18)21(28)31-22(2,3)4)13-15-30-32(8,9)23(5,6)7/h16-17H,10-13,15H2,1-9H3. The molecule has 0 aromatic carbocycles. The minimum Gasteiger partial charge on any atom is -0.465 e. The average molecular weight is 466 g/mol. The van der Waals surface area contributed by atoms with E-state index in [-0.39, 0.29) is 24.5 Å². The lowest BCUT2D eigenvalue weighted by Gasteiger charge is -2.36. The summed E-state index contributed by atoms with van der Waals surface area (Å²) < 4.78 is 18.4. The van der Waals surface area contributed by atoms with E-state index in [9.17, 15) is 9.59 Å². The first-order valence-electron chi connectivity index (χ1n) is 11.1. The molecule has 0 aliphatic heterocycles. The molecule has 1 aromatic rings. The van der Waals surface area contributed by atoms with Gasteiger partial charge in [-0.05, 0) is 52.2 Å². The monoisotopic (exact) mass is 465 g/mol. The van der Waals surface area contributed by atoms with Gasteiger partial charge in [0.2, 0.25) is 0 Å². The number of ether oxygens (including phenoxy) is 2. The van der Waals surface area contributed by atoms with Crippen LogP contribution in [-0.2, 0) is 25.1 Å². The summed E-state index contributed by atoms with van der Waals surface area (Å²) >= 11 is 0. The van der Waals surface area contributed by atoms with E-state index >= 15 is 0 Å². The van der Waals surface area contributed by atoms with Gasteiger partial charge in [-0.2, -0.15) is 5.26 Å². The van der Waals surface area contributed by atoms with E-state index in [1.165, 1.54) is 10.8 Å². The maximum atomic E-state index is 13.1. The number of rotatable bonds is 9. The first-order chi connectivity index (χ1) is 14.6. The summed E-state index contributed by atoms with van der Waals surface area (Å²) in [5.74, 6) is -0.819. The number of nitriles is 1. The van der Waals surface area contributed by atoms with Crippen LogP contribution in [0.25, 0.3) is 0 Å². The Balaban J connectivity index is 3.31. The average Bonchev–Trinajstić information content (AvgIpc) is 3.03. The molecule has 0 saturated carbocycles. The van der Waals surface area contributed by atoms with Crippen LogP contribution in [0.5, 0.6) is 0 Å². The van der Waals surface area contributed by atoms with Gasteiger partial charge in [-0.1, -0.05) is 20.8 Å². The van der Waals surface area contributed by atoms with E-state index in [0.29, 0.717) is 24.5 Å². The van der Waals surface area contributed by atoms with E-state index < -0.39 is 31.9 Å². The molecule has 9 heteroatoms. The van der Waals surface area contributed by atoms with Gasteiger partial charge in [-0.15, -0.1) is 0 Å². The van der Waals surface area contributed by atoms with Crippen molar-refractivity contribution in [3.63, 3.8) is 0 Å². The second-order valence-corrected chi connectivity index (χ2v) is 15.1. The molecule has 0 radical (unpaired) electrons. The van der Waals surface area contributed by atoms with Crippen molar-refractivity contribution in [2.45, 2.75) is 97.4 Å². The maximum absolute atomic E-state index is 13.1. The van der Waals surface area contributed by atoms with Gasteiger partial charge in [-0.3, -0.25) is 4.79 Å². The van der Waals surface area contributed by atoms with Gasteiger partial charge >= 0.3 is 12.1 Å². The van der Waals surface area contributed by atoms with Crippen molar-refractivity contribution >= 4 is 20.4 Å². The number of imidazole rings is 1. The van der Waals surface area contributed by atoms with E-state index in [0.717, 1.165) is 0 Å². The van der Waals surface area contributed by atoms with E-state index in [4.69, 9.17) is 19.2 Å². The van der Waals surface area contributed by atoms with Crippen molar-refractivity contribution in [1.29, 1.82) is 5.26 Å². The van der Waals surface area contributed by atoms with Crippen LogP contribution in [0.15, 0.2) is 6.20 Å². The van der Waals surface area contributed by atoms with Crippen molar-refractivity contribution in [3.05, 3.63) is 17.7 Å². The fourth-order valence-corrected chi connectivity index (χ4v) is 3.84. The Morgan fingerprint density at radius 1 is 1.22 bits per heavy atom. The molecule has 0 N–H and O–H groups in total. The molecule has 32 heavy (non-hydrogen) atoms. The van der Waals surface area contributed by atoms with Gasteiger partial charge in [0.15, 0.2) is 8.32 Å². The minimum atomic E-state index is -1.97. The molecular formula is C23H39N3O5Si. The van der Waals surface area contributed by atoms with Crippen LogP contribution in [0.1, 0.15) is 78.7 Å². The Hall–Kier alpha value is -2.18. The molecule has 1 aromatic heterocycles.